The second-order valence-corrected chi connectivity index (χ2v) is 8.31. The molecule has 1 aromatic carbocycles. The van der Waals surface area contributed by atoms with E-state index in [1.807, 2.05) is 18.0 Å². The minimum Gasteiger partial charge on any atom is -0.378 e. The lowest BCUT2D eigenvalue weighted by Gasteiger charge is -2.43. The van der Waals surface area contributed by atoms with E-state index >= 15 is 0 Å². The summed E-state index contributed by atoms with van der Waals surface area (Å²) in [5, 5.41) is 2.67. The Bertz CT molecular complexity index is 786. The number of aromatic nitrogens is 1. The molecule has 0 spiro atoms. The maximum absolute atomic E-state index is 13.0. The number of piperidine rings is 1. The molecule has 27 heavy (non-hydrogen) atoms. The average Bonchev–Trinajstić information content (AvgIpc) is 3.15. The van der Waals surface area contributed by atoms with Crippen LogP contribution < -0.4 is 5.73 Å². The number of likely N-dealkylation sites (tertiary alicyclic amines) is 1. The molecule has 2 fully saturated rings. The van der Waals surface area contributed by atoms with Crippen LogP contribution in [-0.2, 0) is 14.9 Å². The Balaban J connectivity index is 1.56. The molecule has 0 aliphatic carbocycles. The number of likely N-dealkylation sites (N-methyl/N-ethyl adjacent to an activating group) is 1. The van der Waals surface area contributed by atoms with E-state index in [0.717, 1.165) is 38.2 Å². The van der Waals surface area contributed by atoms with Gasteiger partial charge in [-0.2, -0.15) is 0 Å². The average molecular weight is 387 g/mol. The fraction of sp³-hybridized carbons (Fsp3) is 0.500. The van der Waals surface area contributed by atoms with Gasteiger partial charge >= 0.3 is 0 Å². The van der Waals surface area contributed by atoms with Gasteiger partial charge < -0.3 is 15.4 Å². The number of ether oxygens (including phenoxy) is 1. The van der Waals surface area contributed by atoms with Crippen LogP contribution in [0.3, 0.4) is 0 Å². The normalized spacial score (nSPS) is 23.3. The molecule has 2 aromatic rings. The van der Waals surface area contributed by atoms with Crippen LogP contribution in [-0.4, -0.2) is 66.6 Å². The summed E-state index contributed by atoms with van der Waals surface area (Å²) in [6.07, 6.45) is 1.70. The second-order valence-electron chi connectivity index (χ2n) is 7.42. The highest BCUT2D eigenvalue weighted by molar-refractivity contribution is 7.13. The number of benzene rings is 1. The van der Waals surface area contributed by atoms with Gasteiger partial charge in [0.2, 0.25) is 5.91 Å². The van der Waals surface area contributed by atoms with Gasteiger partial charge in [0.25, 0.3) is 0 Å². The number of amides is 1. The maximum atomic E-state index is 13.0. The predicted octanol–water partition coefficient (Wildman–Crippen LogP) is 1.96. The number of carbonyl (C=O) groups excluding carboxylic acids is 1. The Morgan fingerprint density at radius 3 is 2.63 bits per heavy atom. The van der Waals surface area contributed by atoms with Crippen LogP contribution in [0.2, 0.25) is 0 Å². The van der Waals surface area contributed by atoms with Crippen molar-refractivity contribution in [1.29, 1.82) is 0 Å². The molecule has 6 nitrogen and oxygen atoms in total. The SMILES string of the molecule is CN1CCOC[C@H]1C(=O)N1CCC(c2ccccc2)(c2csc(N)n2)CC1. The first-order valence-corrected chi connectivity index (χ1v) is 10.3. The number of nitrogen functional groups attached to an aromatic ring is 1. The molecular weight excluding hydrogens is 360 g/mol. The zero-order valence-electron chi connectivity index (χ0n) is 15.6. The summed E-state index contributed by atoms with van der Waals surface area (Å²) >= 11 is 1.48. The monoisotopic (exact) mass is 386 g/mol. The van der Waals surface area contributed by atoms with Crippen LogP contribution in [0.4, 0.5) is 5.13 Å². The number of thiazole rings is 1. The quantitative estimate of drug-likeness (QED) is 0.873. The summed E-state index contributed by atoms with van der Waals surface area (Å²) in [5.74, 6) is 0.177. The molecule has 2 aliphatic heterocycles. The third-order valence-electron chi connectivity index (χ3n) is 5.95. The number of rotatable bonds is 3. The Hall–Kier alpha value is -1.96. The minimum atomic E-state index is -0.179. The molecule has 2 aliphatic rings. The lowest BCUT2D eigenvalue weighted by Crippen LogP contribution is -2.56. The minimum absolute atomic E-state index is 0.169. The predicted molar refractivity (Wildman–Crippen MR) is 107 cm³/mol. The van der Waals surface area contributed by atoms with Crippen molar-refractivity contribution in [2.75, 3.05) is 45.6 Å². The molecule has 0 radical (unpaired) electrons. The third-order valence-corrected chi connectivity index (χ3v) is 6.62. The van der Waals surface area contributed by atoms with E-state index in [2.05, 4.69) is 39.5 Å². The third kappa shape index (κ3) is 3.47. The van der Waals surface area contributed by atoms with Gasteiger partial charge in [-0.1, -0.05) is 30.3 Å². The lowest BCUT2D eigenvalue weighted by atomic mass is 9.70. The van der Waals surface area contributed by atoms with Gasteiger partial charge in [0.1, 0.15) is 6.04 Å². The van der Waals surface area contributed by atoms with E-state index in [0.29, 0.717) is 18.3 Å². The topological polar surface area (TPSA) is 71.7 Å². The molecule has 3 heterocycles. The Morgan fingerprint density at radius 2 is 2.00 bits per heavy atom. The van der Waals surface area contributed by atoms with Gasteiger partial charge in [-0.05, 0) is 25.5 Å². The Morgan fingerprint density at radius 1 is 1.26 bits per heavy atom. The van der Waals surface area contributed by atoms with Gasteiger partial charge in [-0.15, -0.1) is 11.3 Å². The van der Waals surface area contributed by atoms with E-state index < -0.39 is 0 Å². The number of nitrogens with zero attached hydrogens (tertiary/aromatic N) is 3. The van der Waals surface area contributed by atoms with Crippen molar-refractivity contribution in [3.8, 4) is 0 Å². The molecule has 1 atom stereocenters. The number of nitrogens with two attached hydrogens (primary N) is 1. The van der Waals surface area contributed by atoms with Gasteiger partial charge in [-0.25, -0.2) is 4.98 Å². The summed E-state index contributed by atoms with van der Waals surface area (Å²) in [6, 6.07) is 10.3. The van der Waals surface area contributed by atoms with E-state index in [4.69, 9.17) is 10.5 Å². The number of carbonyl (C=O) groups is 1. The number of morpholine rings is 1. The summed E-state index contributed by atoms with van der Waals surface area (Å²) in [6.45, 7) is 3.42. The van der Waals surface area contributed by atoms with Crippen molar-refractivity contribution in [3.05, 3.63) is 47.0 Å². The highest BCUT2D eigenvalue weighted by Crippen LogP contribution is 2.42. The molecule has 144 valence electrons. The van der Waals surface area contributed by atoms with Crippen molar-refractivity contribution < 1.29 is 9.53 Å². The van der Waals surface area contributed by atoms with Crippen LogP contribution >= 0.6 is 11.3 Å². The number of anilines is 1. The number of hydrogen-bond donors (Lipinski definition) is 1. The van der Waals surface area contributed by atoms with Crippen molar-refractivity contribution in [2.24, 2.45) is 0 Å². The van der Waals surface area contributed by atoms with Crippen molar-refractivity contribution in [2.45, 2.75) is 24.3 Å². The lowest BCUT2D eigenvalue weighted by molar-refractivity contribution is -0.143. The number of hydrogen-bond acceptors (Lipinski definition) is 6. The van der Waals surface area contributed by atoms with E-state index in [9.17, 15) is 4.79 Å². The van der Waals surface area contributed by atoms with E-state index in [1.54, 1.807) is 0 Å². The molecule has 4 rings (SSSR count). The molecule has 2 N–H and O–H groups in total. The zero-order chi connectivity index (χ0) is 18.9. The van der Waals surface area contributed by atoms with Crippen LogP contribution in [0.5, 0.6) is 0 Å². The second kappa shape index (κ2) is 7.58. The van der Waals surface area contributed by atoms with E-state index in [1.165, 1.54) is 16.9 Å². The van der Waals surface area contributed by atoms with Crippen molar-refractivity contribution >= 4 is 22.4 Å². The molecule has 0 unspecified atom stereocenters. The van der Waals surface area contributed by atoms with Gasteiger partial charge in [0.15, 0.2) is 5.13 Å². The first-order valence-electron chi connectivity index (χ1n) is 9.44. The van der Waals surface area contributed by atoms with Gasteiger partial charge in [0.05, 0.1) is 18.9 Å². The summed E-state index contributed by atoms with van der Waals surface area (Å²) in [5.41, 5.74) is 8.03. The summed E-state index contributed by atoms with van der Waals surface area (Å²) < 4.78 is 5.54. The van der Waals surface area contributed by atoms with Crippen LogP contribution in [0, 0.1) is 0 Å². The fourth-order valence-electron chi connectivity index (χ4n) is 4.22. The van der Waals surface area contributed by atoms with E-state index in [-0.39, 0.29) is 17.4 Å². The van der Waals surface area contributed by atoms with Crippen LogP contribution in [0.15, 0.2) is 35.7 Å². The molecule has 7 heteroatoms. The highest BCUT2D eigenvalue weighted by Gasteiger charge is 2.42. The molecular formula is C20H26N4O2S. The molecule has 1 amide bonds. The fourth-order valence-corrected chi connectivity index (χ4v) is 4.89. The van der Waals surface area contributed by atoms with Crippen molar-refractivity contribution in [1.82, 2.24) is 14.8 Å². The maximum Gasteiger partial charge on any atom is 0.242 e. The molecule has 2 saturated heterocycles. The zero-order valence-corrected chi connectivity index (χ0v) is 16.5. The first-order chi connectivity index (χ1) is 13.1. The molecule has 0 saturated carbocycles. The Kier molecular flexibility index (Phi) is 5.16. The van der Waals surface area contributed by atoms with Crippen LogP contribution in [0.25, 0.3) is 0 Å². The first kappa shape index (κ1) is 18.4. The van der Waals surface area contributed by atoms with Crippen LogP contribution in [0.1, 0.15) is 24.1 Å². The van der Waals surface area contributed by atoms with Gasteiger partial charge in [0, 0.05) is 30.4 Å². The standard InChI is InChI=1S/C20H26N4O2S/c1-23-11-12-26-13-16(23)18(25)24-9-7-20(8-10-24,15-5-3-2-4-6-15)17-14-27-19(21)22-17/h2-6,14,16H,7-13H2,1H3,(H2,21,22)/t16-/m0/s1. The van der Waals surface area contributed by atoms with Gasteiger partial charge in [-0.3, -0.25) is 9.69 Å². The Labute approximate surface area is 163 Å². The molecule has 1 aromatic heterocycles. The smallest absolute Gasteiger partial charge is 0.242 e. The van der Waals surface area contributed by atoms with Crippen molar-refractivity contribution in [3.63, 3.8) is 0 Å². The largest absolute Gasteiger partial charge is 0.378 e. The summed E-state index contributed by atoms with van der Waals surface area (Å²) in [7, 11) is 2.00. The summed E-state index contributed by atoms with van der Waals surface area (Å²) in [4.78, 5) is 21.7. The highest BCUT2D eigenvalue weighted by atomic mass is 32.1. The molecule has 0 bridgehead atoms.